The summed E-state index contributed by atoms with van der Waals surface area (Å²) in [4.78, 5) is 28.0. The zero-order valence-corrected chi connectivity index (χ0v) is 16.8. The van der Waals surface area contributed by atoms with E-state index in [-0.39, 0.29) is 11.9 Å². The molecule has 1 N–H and O–H groups in total. The highest BCUT2D eigenvalue weighted by Crippen LogP contribution is 2.10. The Kier molecular flexibility index (Phi) is 16.9. The smallest absolute Gasteiger partial charge is 0.325 e. The van der Waals surface area contributed by atoms with E-state index >= 15 is 0 Å². The minimum absolute atomic E-state index is 0.162. The van der Waals surface area contributed by atoms with Crippen LogP contribution in [0.4, 0.5) is 0 Å². The summed E-state index contributed by atoms with van der Waals surface area (Å²) >= 11 is 0. The zero-order valence-electron chi connectivity index (χ0n) is 16.8. The molecule has 0 aliphatic carbocycles. The highest BCUT2D eigenvalue weighted by Gasteiger charge is 2.04. The van der Waals surface area contributed by atoms with Crippen LogP contribution < -0.4 is 5.32 Å². The molecule has 0 radical (unpaired) electrons. The molecule has 0 spiro atoms. The molecule has 0 heterocycles. The van der Waals surface area contributed by atoms with Gasteiger partial charge >= 0.3 is 5.97 Å². The summed E-state index contributed by atoms with van der Waals surface area (Å²) in [6.07, 6.45) is 15.2. The van der Waals surface area contributed by atoms with Crippen LogP contribution in [0.2, 0.25) is 0 Å². The van der Waals surface area contributed by atoms with Gasteiger partial charge in [0.25, 0.3) is 0 Å². The Labute approximate surface area is 154 Å². The van der Waals surface area contributed by atoms with Crippen molar-refractivity contribution in [1.82, 2.24) is 10.4 Å². The van der Waals surface area contributed by atoms with Crippen molar-refractivity contribution in [3.8, 4) is 0 Å². The molecule has 5 heteroatoms. The van der Waals surface area contributed by atoms with Crippen molar-refractivity contribution in [1.29, 1.82) is 0 Å². The standard InChI is InChI=1S/C20H40N2O3/c1-4-5-6-7-8-9-10-11-13-16-19(23)21-18-15-12-14-17-20(24)25-22(2)3/h4-18H2,1-3H3,(H,21,23). The molecule has 0 saturated carbocycles. The molecule has 0 bridgehead atoms. The minimum Gasteiger partial charge on any atom is -0.369 e. The van der Waals surface area contributed by atoms with Crippen LogP contribution in [0.1, 0.15) is 96.8 Å². The van der Waals surface area contributed by atoms with Gasteiger partial charge in [0.05, 0.1) is 0 Å². The second-order valence-corrected chi connectivity index (χ2v) is 7.01. The third-order valence-electron chi connectivity index (χ3n) is 4.17. The van der Waals surface area contributed by atoms with E-state index in [0.717, 1.165) is 32.1 Å². The Morgan fingerprint density at radius 3 is 1.88 bits per heavy atom. The first-order chi connectivity index (χ1) is 12.1. The molecule has 148 valence electrons. The maximum atomic E-state index is 11.7. The van der Waals surface area contributed by atoms with E-state index < -0.39 is 0 Å². The molecule has 0 aliphatic heterocycles. The van der Waals surface area contributed by atoms with E-state index in [1.165, 1.54) is 50.0 Å². The number of nitrogens with zero attached hydrogens (tertiary/aromatic N) is 1. The first kappa shape index (κ1) is 23.9. The molecular formula is C20H40N2O3. The van der Waals surface area contributed by atoms with E-state index in [1.54, 1.807) is 14.1 Å². The van der Waals surface area contributed by atoms with Crippen molar-refractivity contribution in [3.05, 3.63) is 0 Å². The van der Waals surface area contributed by atoms with Crippen LogP contribution in [0.15, 0.2) is 0 Å². The summed E-state index contributed by atoms with van der Waals surface area (Å²) in [5.74, 6) is -0.0330. The number of amides is 1. The van der Waals surface area contributed by atoms with Gasteiger partial charge in [0, 0.05) is 33.5 Å². The van der Waals surface area contributed by atoms with Crippen molar-refractivity contribution in [2.24, 2.45) is 0 Å². The Hall–Kier alpha value is -1.10. The Morgan fingerprint density at radius 1 is 0.760 bits per heavy atom. The second-order valence-electron chi connectivity index (χ2n) is 7.01. The van der Waals surface area contributed by atoms with Gasteiger partial charge in [-0.2, -0.15) is 0 Å². The van der Waals surface area contributed by atoms with Gasteiger partial charge < -0.3 is 10.2 Å². The number of unbranched alkanes of at least 4 members (excludes halogenated alkanes) is 10. The van der Waals surface area contributed by atoms with Crippen LogP contribution in [-0.2, 0) is 14.4 Å². The van der Waals surface area contributed by atoms with E-state index in [1.807, 2.05) is 0 Å². The third-order valence-corrected chi connectivity index (χ3v) is 4.17. The summed E-state index contributed by atoms with van der Waals surface area (Å²) < 4.78 is 0. The third kappa shape index (κ3) is 19.1. The van der Waals surface area contributed by atoms with Gasteiger partial charge in [-0.15, -0.1) is 5.06 Å². The molecule has 0 aromatic carbocycles. The molecule has 0 rings (SSSR count). The molecule has 0 aliphatic rings. The van der Waals surface area contributed by atoms with Gasteiger partial charge in [-0.25, -0.2) is 0 Å². The van der Waals surface area contributed by atoms with Crippen molar-refractivity contribution in [3.63, 3.8) is 0 Å². The predicted octanol–water partition coefficient (Wildman–Crippen LogP) is 4.60. The summed E-state index contributed by atoms with van der Waals surface area (Å²) in [5, 5.41) is 4.38. The second kappa shape index (κ2) is 17.7. The van der Waals surface area contributed by atoms with Crippen molar-refractivity contribution in [2.75, 3.05) is 20.6 Å². The molecule has 0 saturated heterocycles. The molecule has 25 heavy (non-hydrogen) atoms. The number of rotatable bonds is 17. The van der Waals surface area contributed by atoms with E-state index in [2.05, 4.69) is 12.2 Å². The topological polar surface area (TPSA) is 58.6 Å². The van der Waals surface area contributed by atoms with Crippen LogP contribution >= 0.6 is 0 Å². The van der Waals surface area contributed by atoms with Crippen LogP contribution in [0.5, 0.6) is 0 Å². The molecule has 0 aromatic heterocycles. The largest absolute Gasteiger partial charge is 0.369 e. The molecular weight excluding hydrogens is 316 g/mol. The molecule has 0 atom stereocenters. The minimum atomic E-state index is -0.195. The van der Waals surface area contributed by atoms with Crippen molar-refractivity contribution < 1.29 is 14.4 Å². The number of carbonyl (C=O) groups excluding carboxylic acids is 2. The summed E-state index contributed by atoms with van der Waals surface area (Å²) in [5.41, 5.74) is 0. The van der Waals surface area contributed by atoms with Gasteiger partial charge in [0.1, 0.15) is 0 Å². The Balaban J connectivity index is 3.27. The average Bonchev–Trinajstić information content (AvgIpc) is 2.55. The predicted molar refractivity (Wildman–Crippen MR) is 103 cm³/mol. The summed E-state index contributed by atoms with van der Waals surface area (Å²) in [6.45, 7) is 2.95. The number of hydroxylamine groups is 2. The fourth-order valence-electron chi connectivity index (χ4n) is 2.73. The number of carbonyl (C=O) groups is 2. The van der Waals surface area contributed by atoms with Gasteiger partial charge in [-0.05, 0) is 19.3 Å². The fraction of sp³-hybridized carbons (Fsp3) is 0.900. The lowest BCUT2D eigenvalue weighted by Gasteiger charge is -2.09. The maximum Gasteiger partial charge on any atom is 0.325 e. The van der Waals surface area contributed by atoms with E-state index in [0.29, 0.717) is 19.4 Å². The average molecular weight is 357 g/mol. The van der Waals surface area contributed by atoms with Crippen LogP contribution in [0.25, 0.3) is 0 Å². The monoisotopic (exact) mass is 356 g/mol. The molecule has 1 amide bonds. The van der Waals surface area contributed by atoms with E-state index in [4.69, 9.17) is 4.84 Å². The molecule has 0 fully saturated rings. The SMILES string of the molecule is CCCCCCCCCCCC(=O)NCCCCCC(=O)ON(C)C. The van der Waals surface area contributed by atoms with Crippen molar-refractivity contribution in [2.45, 2.75) is 96.8 Å². The highest BCUT2D eigenvalue weighted by atomic mass is 16.7. The fourth-order valence-corrected chi connectivity index (χ4v) is 2.73. The lowest BCUT2D eigenvalue weighted by molar-refractivity contribution is -0.178. The Morgan fingerprint density at radius 2 is 1.28 bits per heavy atom. The van der Waals surface area contributed by atoms with Crippen LogP contribution in [0, 0.1) is 0 Å². The lowest BCUT2D eigenvalue weighted by atomic mass is 10.1. The van der Waals surface area contributed by atoms with E-state index in [9.17, 15) is 9.59 Å². The Bertz CT molecular complexity index is 333. The lowest BCUT2D eigenvalue weighted by Crippen LogP contribution is -2.24. The number of hydrogen-bond acceptors (Lipinski definition) is 4. The van der Waals surface area contributed by atoms with Gasteiger partial charge in [0.15, 0.2) is 0 Å². The number of nitrogens with one attached hydrogen (secondary N) is 1. The highest BCUT2D eigenvalue weighted by molar-refractivity contribution is 5.75. The van der Waals surface area contributed by atoms with Gasteiger partial charge in [-0.1, -0.05) is 64.7 Å². The molecule has 0 unspecified atom stereocenters. The first-order valence-electron chi connectivity index (χ1n) is 10.2. The zero-order chi connectivity index (χ0) is 18.8. The number of hydrogen-bond donors (Lipinski definition) is 1. The summed E-state index contributed by atoms with van der Waals surface area (Å²) in [7, 11) is 3.39. The van der Waals surface area contributed by atoms with Crippen LogP contribution in [-0.4, -0.2) is 37.6 Å². The van der Waals surface area contributed by atoms with Gasteiger partial charge in [-0.3, -0.25) is 9.59 Å². The normalized spacial score (nSPS) is 10.9. The quantitative estimate of drug-likeness (QED) is 0.305. The van der Waals surface area contributed by atoms with Crippen molar-refractivity contribution >= 4 is 11.9 Å². The maximum absolute atomic E-state index is 11.7. The first-order valence-corrected chi connectivity index (χ1v) is 10.2. The van der Waals surface area contributed by atoms with Gasteiger partial charge in [0.2, 0.25) is 5.91 Å². The molecule has 5 nitrogen and oxygen atoms in total. The summed E-state index contributed by atoms with van der Waals surface area (Å²) in [6, 6.07) is 0. The van der Waals surface area contributed by atoms with Crippen LogP contribution in [0.3, 0.4) is 0 Å². The molecule has 0 aromatic rings.